The zero-order valence-corrected chi connectivity index (χ0v) is 14.7. The average Bonchev–Trinajstić information content (AvgIpc) is 2.57. The largest absolute Gasteiger partial charge is 0.450 e. The van der Waals surface area contributed by atoms with Gasteiger partial charge in [-0.15, -0.1) is 0 Å². The van der Waals surface area contributed by atoms with Crippen LogP contribution in [0.4, 0.5) is 4.79 Å². The third-order valence-electron chi connectivity index (χ3n) is 4.50. The summed E-state index contributed by atoms with van der Waals surface area (Å²) in [6, 6.07) is 8.47. The van der Waals surface area contributed by atoms with Crippen molar-refractivity contribution in [2.24, 2.45) is 0 Å². The molecule has 1 aliphatic rings. The third kappa shape index (κ3) is 5.55. The van der Waals surface area contributed by atoms with Crippen LogP contribution in [0.2, 0.25) is 0 Å². The molecule has 1 N–H and O–H groups in total. The van der Waals surface area contributed by atoms with Crippen molar-refractivity contribution in [1.29, 1.82) is 0 Å². The number of carbonyl (C=O) groups is 2. The zero-order valence-electron chi connectivity index (χ0n) is 14.7. The number of rotatable bonds is 6. The standard InChI is InChI=1S/C19H28N2O3/c1-3-24-19(23)21-13-11-17(12-14-21)20-18(22)10-6-9-16-8-5-4-7-15(16)2/h4-5,7-8,17H,3,6,9-14H2,1-2H3,(H,20,22). The molecule has 0 saturated carbocycles. The minimum Gasteiger partial charge on any atom is -0.450 e. The van der Waals surface area contributed by atoms with Gasteiger partial charge in [-0.25, -0.2) is 4.79 Å². The zero-order chi connectivity index (χ0) is 17.4. The molecule has 2 rings (SSSR count). The van der Waals surface area contributed by atoms with Gasteiger partial charge in [-0.1, -0.05) is 24.3 Å². The van der Waals surface area contributed by atoms with Gasteiger partial charge in [0.2, 0.25) is 5.91 Å². The Morgan fingerprint density at radius 2 is 1.96 bits per heavy atom. The van der Waals surface area contributed by atoms with Crippen LogP contribution in [0.5, 0.6) is 0 Å². The van der Waals surface area contributed by atoms with Crippen molar-refractivity contribution < 1.29 is 14.3 Å². The second kappa shape index (κ2) is 9.30. The van der Waals surface area contributed by atoms with Gasteiger partial charge in [0.05, 0.1) is 6.61 Å². The number of likely N-dealkylation sites (tertiary alicyclic amines) is 1. The molecule has 2 amide bonds. The highest BCUT2D eigenvalue weighted by Gasteiger charge is 2.24. The van der Waals surface area contributed by atoms with Crippen LogP contribution in [0.15, 0.2) is 24.3 Å². The summed E-state index contributed by atoms with van der Waals surface area (Å²) in [6.45, 7) is 5.60. The second-order valence-electron chi connectivity index (χ2n) is 6.31. The van der Waals surface area contributed by atoms with Crippen molar-refractivity contribution in [3.8, 4) is 0 Å². The maximum absolute atomic E-state index is 12.1. The molecule has 0 atom stereocenters. The van der Waals surface area contributed by atoms with Crippen LogP contribution in [0.1, 0.15) is 43.7 Å². The van der Waals surface area contributed by atoms with E-state index in [1.807, 2.05) is 19.1 Å². The highest BCUT2D eigenvalue weighted by Crippen LogP contribution is 2.13. The molecule has 1 saturated heterocycles. The smallest absolute Gasteiger partial charge is 0.409 e. The predicted octanol–water partition coefficient (Wildman–Crippen LogP) is 3.05. The molecule has 1 heterocycles. The fraction of sp³-hybridized carbons (Fsp3) is 0.579. The maximum atomic E-state index is 12.1. The number of amides is 2. The SMILES string of the molecule is CCOC(=O)N1CCC(NC(=O)CCCc2ccccc2C)CC1. The Balaban J connectivity index is 1.65. The van der Waals surface area contributed by atoms with E-state index >= 15 is 0 Å². The highest BCUT2D eigenvalue weighted by atomic mass is 16.6. The summed E-state index contributed by atoms with van der Waals surface area (Å²) in [5.41, 5.74) is 2.59. The van der Waals surface area contributed by atoms with Crippen molar-refractivity contribution in [2.75, 3.05) is 19.7 Å². The summed E-state index contributed by atoms with van der Waals surface area (Å²) < 4.78 is 5.00. The number of nitrogens with zero attached hydrogens (tertiary/aromatic N) is 1. The Bertz CT molecular complexity index is 551. The molecule has 0 radical (unpaired) electrons. The molecule has 0 unspecified atom stereocenters. The van der Waals surface area contributed by atoms with Gasteiger partial charge in [0.15, 0.2) is 0 Å². The molecule has 1 aromatic carbocycles. The molecule has 5 nitrogen and oxygen atoms in total. The Labute approximate surface area is 144 Å². The van der Waals surface area contributed by atoms with E-state index in [4.69, 9.17) is 4.74 Å². The average molecular weight is 332 g/mol. The van der Waals surface area contributed by atoms with Crippen LogP contribution in [-0.2, 0) is 16.0 Å². The minimum absolute atomic E-state index is 0.109. The summed E-state index contributed by atoms with van der Waals surface area (Å²) in [5, 5.41) is 3.09. The van der Waals surface area contributed by atoms with E-state index in [-0.39, 0.29) is 18.0 Å². The number of ether oxygens (including phenoxy) is 1. The van der Waals surface area contributed by atoms with E-state index in [9.17, 15) is 9.59 Å². The Hall–Kier alpha value is -2.04. The van der Waals surface area contributed by atoms with Crippen LogP contribution < -0.4 is 5.32 Å². The topological polar surface area (TPSA) is 58.6 Å². The molecule has 5 heteroatoms. The summed E-state index contributed by atoms with van der Waals surface area (Å²) in [7, 11) is 0. The quantitative estimate of drug-likeness (QED) is 0.871. The van der Waals surface area contributed by atoms with Crippen molar-refractivity contribution in [3.63, 3.8) is 0 Å². The van der Waals surface area contributed by atoms with E-state index in [2.05, 4.69) is 24.4 Å². The monoisotopic (exact) mass is 332 g/mol. The van der Waals surface area contributed by atoms with Crippen molar-refractivity contribution in [1.82, 2.24) is 10.2 Å². The Morgan fingerprint density at radius 3 is 2.62 bits per heavy atom. The summed E-state index contributed by atoms with van der Waals surface area (Å²) in [4.78, 5) is 25.4. The third-order valence-corrected chi connectivity index (χ3v) is 4.50. The number of hydrogen-bond donors (Lipinski definition) is 1. The van der Waals surface area contributed by atoms with Gasteiger partial charge < -0.3 is 15.0 Å². The lowest BCUT2D eigenvalue weighted by Gasteiger charge is -2.31. The van der Waals surface area contributed by atoms with Gasteiger partial charge in [0.25, 0.3) is 0 Å². The van der Waals surface area contributed by atoms with E-state index in [0.717, 1.165) is 25.7 Å². The number of piperidine rings is 1. The lowest BCUT2D eigenvalue weighted by Crippen LogP contribution is -2.46. The van der Waals surface area contributed by atoms with E-state index in [0.29, 0.717) is 26.1 Å². The highest BCUT2D eigenvalue weighted by molar-refractivity contribution is 5.76. The second-order valence-corrected chi connectivity index (χ2v) is 6.31. The molecular formula is C19H28N2O3. The van der Waals surface area contributed by atoms with Gasteiger partial charge in [0, 0.05) is 25.6 Å². The molecular weight excluding hydrogens is 304 g/mol. The number of nitrogens with one attached hydrogen (secondary N) is 1. The lowest BCUT2D eigenvalue weighted by molar-refractivity contribution is -0.122. The van der Waals surface area contributed by atoms with Crippen molar-refractivity contribution in [2.45, 2.75) is 52.0 Å². The van der Waals surface area contributed by atoms with Gasteiger partial charge in [-0.3, -0.25) is 4.79 Å². The molecule has 0 aromatic heterocycles. The summed E-state index contributed by atoms with van der Waals surface area (Å²) in [6.07, 6.45) is 3.68. The summed E-state index contributed by atoms with van der Waals surface area (Å²) in [5.74, 6) is 0.109. The Morgan fingerprint density at radius 1 is 1.25 bits per heavy atom. The molecule has 1 aliphatic heterocycles. The van der Waals surface area contributed by atoms with Gasteiger partial charge in [0.1, 0.15) is 0 Å². The van der Waals surface area contributed by atoms with E-state index < -0.39 is 0 Å². The molecule has 0 aliphatic carbocycles. The predicted molar refractivity (Wildman–Crippen MR) is 93.9 cm³/mol. The maximum Gasteiger partial charge on any atom is 0.409 e. The molecule has 24 heavy (non-hydrogen) atoms. The molecule has 1 fully saturated rings. The first-order valence-electron chi connectivity index (χ1n) is 8.85. The number of hydrogen-bond acceptors (Lipinski definition) is 3. The fourth-order valence-corrected chi connectivity index (χ4v) is 3.05. The van der Waals surface area contributed by atoms with Crippen LogP contribution >= 0.6 is 0 Å². The van der Waals surface area contributed by atoms with Crippen LogP contribution in [0.25, 0.3) is 0 Å². The molecule has 0 bridgehead atoms. The number of benzene rings is 1. The normalized spacial score (nSPS) is 15.2. The molecule has 1 aromatic rings. The molecule has 132 valence electrons. The number of aryl methyl sites for hydroxylation is 2. The first kappa shape index (κ1) is 18.3. The van der Waals surface area contributed by atoms with Crippen LogP contribution in [-0.4, -0.2) is 42.6 Å². The van der Waals surface area contributed by atoms with Crippen molar-refractivity contribution >= 4 is 12.0 Å². The van der Waals surface area contributed by atoms with Gasteiger partial charge in [-0.05, 0) is 50.7 Å². The van der Waals surface area contributed by atoms with E-state index in [1.54, 1.807) is 4.90 Å². The lowest BCUT2D eigenvalue weighted by atomic mass is 10.0. The van der Waals surface area contributed by atoms with Crippen LogP contribution in [0, 0.1) is 6.92 Å². The first-order chi connectivity index (χ1) is 11.6. The minimum atomic E-state index is -0.250. The first-order valence-corrected chi connectivity index (χ1v) is 8.85. The van der Waals surface area contributed by atoms with Crippen LogP contribution in [0.3, 0.4) is 0 Å². The Kier molecular flexibility index (Phi) is 7.09. The number of carbonyl (C=O) groups excluding carboxylic acids is 2. The van der Waals surface area contributed by atoms with Crippen molar-refractivity contribution in [3.05, 3.63) is 35.4 Å². The van der Waals surface area contributed by atoms with Gasteiger partial charge in [-0.2, -0.15) is 0 Å². The molecule has 0 spiro atoms. The summed E-state index contributed by atoms with van der Waals surface area (Å²) >= 11 is 0. The van der Waals surface area contributed by atoms with Gasteiger partial charge >= 0.3 is 6.09 Å². The fourth-order valence-electron chi connectivity index (χ4n) is 3.05. The van der Waals surface area contributed by atoms with E-state index in [1.165, 1.54) is 11.1 Å².